The third-order valence-corrected chi connectivity index (χ3v) is 3.33. The second-order valence-corrected chi connectivity index (χ2v) is 4.73. The van der Waals surface area contributed by atoms with Gasteiger partial charge in [-0.2, -0.15) is 4.89 Å². The number of nitrogens with zero attached hydrogens (tertiary/aromatic N) is 1. The Labute approximate surface area is 138 Å². The molecule has 0 aliphatic carbocycles. The van der Waals surface area contributed by atoms with Crippen LogP contribution in [0, 0.1) is 0 Å². The third-order valence-electron chi connectivity index (χ3n) is 3.33. The Morgan fingerprint density at radius 2 is 1.50 bits per heavy atom. The molecule has 2 aromatic carbocycles. The highest BCUT2D eigenvalue weighted by Crippen LogP contribution is 2.31. The van der Waals surface area contributed by atoms with Crippen molar-refractivity contribution in [1.82, 2.24) is 5.06 Å². The molecule has 0 bridgehead atoms. The number of aliphatic hydroxyl groups is 1. The zero-order valence-electron chi connectivity index (χ0n) is 13.2. The fourth-order valence-electron chi connectivity index (χ4n) is 2.25. The predicted molar refractivity (Wildman–Crippen MR) is 83.4 cm³/mol. The lowest BCUT2D eigenvalue weighted by atomic mass is 9.93. The average Bonchev–Trinajstić information content (AvgIpc) is 2.63. The van der Waals surface area contributed by atoms with Crippen LogP contribution in [0.25, 0.3) is 0 Å². The molecule has 0 saturated heterocycles. The summed E-state index contributed by atoms with van der Waals surface area (Å²) in [5, 5.41) is 11.6. The molecular weight excluding hydrogens is 314 g/mol. The van der Waals surface area contributed by atoms with Gasteiger partial charge in [-0.25, -0.2) is 4.79 Å². The van der Waals surface area contributed by atoms with E-state index in [1.807, 2.05) is 0 Å². The lowest BCUT2D eigenvalue weighted by Gasteiger charge is -2.35. The normalized spacial score (nSPS) is 13.0. The van der Waals surface area contributed by atoms with Crippen LogP contribution in [0.15, 0.2) is 60.7 Å². The molecule has 0 aromatic heterocycles. The first-order valence-corrected chi connectivity index (χ1v) is 7.02. The minimum absolute atomic E-state index is 0.133. The highest BCUT2D eigenvalue weighted by molar-refractivity contribution is 6.03. The summed E-state index contributed by atoms with van der Waals surface area (Å²) in [5.41, 5.74) is -2.11. The van der Waals surface area contributed by atoms with Crippen LogP contribution in [-0.2, 0) is 20.3 Å². The molecule has 1 unspecified atom stereocenters. The highest BCUT2D eigenvalue weighted by atomic mass is 17.2. The molecule has 7 nitrogen and oxygen atoms in total. The number of rotatable bonds is 6. The Kier molecular flexibility index (Phi) is 5.64. The zero-order chi connectivity index (χ0) is 17.6. The smallest absolute Gasteiger partial charge is 0.359 e. The summed E-state index contributed by atoms with van der Waals surface area (Å²) in [4.78, 5) is 38.7. The van der Waals surface area contributed by atoms with E-state index in [9.17, 15) is 14.7 Å². The monoisotopic (exact) mass is 331 g/mol. The highest BCUT2D eigenvalue weighted by Gasteiger charge is 2.49. The van der Waals surface area contributed by atoms with E-state index in [1.54, 1.807) is 36.4 Å². The molecule has 0 fully saturated rings. The third kappa shape index (κ3) is 3.28. The van der Waals surface area contributed by atoms with Crippen molar-refractivity contribution in [1.29, 1.82) is 0 Å². The number of amides is 1. The molecule has 0 heterocycles. The van der Waals surface area contributed by atoms with Crippen molar-refractivity contribution in [2.45, 2.75) is 5.72 Å². The molecule has 24 heavy (non-hydrogen) atoms. The van der Waals surface area contributed by atoms with Crippen molar-refractivity contribution >= 4 is 11.9 Å². The molecule has 1 amide bonds. The SMILES string of the molecule is COOC(=O)N(OC)C(O)(C(=O)c1ccccc1)c1ccccc1. The summed E-state index contributed by atoms with van der Waals surface area (Å²) in [6.07, 6.45) is -1.18. The van der Waals surface area contributed by atoms with E-state index < -0.39 is 17.6 Å². The lowest BCUT2D eigenvalue weighted by molar-refractivity contribution is -0.287. The molecule has 2 rings (SSSR count). The largest absolute Gasteiger partial charge is 0.468 e. The van der Waals surface area contributed by atoms with Gasteiger partial charge < -0.3 is 5.11 Å². The fraction of sp³-hybridized carbons (Fsp3) is 0.176. The average molecular weight is 331 g/mol. The van der Waals surface area contributed by atoms with Gasteiger partial charge in [0.15, 0.2) is 0 Å². The van der Waals surface area contributed by atoms with Crippen molar-refractivity contribution < 1.29 is 29.3 Å². The van der Waals surface area contributed by atoms with Gasteiger partial charge in [-0.05, 0) is 0 Å². The van der Waals surface area contributed by atoms with Crippen LogP contribution < -0.4 is 0 Å². The van der Waals surface area contributed by atoms with Crippen molar-refractivity contribution in [3.63, 3.8) is 0 Å². The first-order chi connectivity index (χ1) is 11.6. The van der Waals surface area contributed by atoms with Crippen molar-refractivity contribution in [2.75, 3.05) is 14.2 Å². The summed E-state index contributed by atoms with van der Waals surface area (Å²) in [6.45, 7) is 0. The topological polar surface area (TPSA) is 85.3 Å². The zero-order valence-corrected chi connectivity index (χ0v) is 13.2. The van der Waals surface area contributed by atoms with E-state index in [-0.39, 0.29) is 11.1 Å². The summed E-state index contributed by atoms with van der Waals surface area (Å²) in [5.74, 6) is -0.760. The fourth-order valence-corrected chi connectivity index (χ4v) is 2.25. The number of carbonyl (C=O) groups is 2. The summed E-state index contributed by atoms with van der Waals surface area (Å²) in [7, 11) is 2.25. The molecule has 0 radical (unpaired) electrons. The molecular formula is C17H17NO6. The van der Waals surface area contributed by atoms with Gasteiger partial charge in [-0.1, -0.05) is 60.7 Å². The lowest BCUT2D eigenvalue weighted by Crippen LogP contribution is -2.54. The number of ketones is 1. The van der Waals surface area contributed by atoms with E-state index in [0.29, 0.717) is 5.06 Å². The van der Waals surface area contributed by atoms with Crippen LogP contribution in [-0.4, -0.2) is 36.3 Å². The molecule has 7 heteroatoms. The minimum atomic E-state index is -2.44. The number of carbonyl (C=O) groups excluding carboxylic acids is 2. The van der Waals surface area contributed by atoms with Crippen molar-refractivity contribution in [3.05, 3.63) is 71.8 Å². The van der Waals surface area contributed by atoms with Gasteiger partial charge in [0.05, 0.1) is 14.2 Å². The predicted octanol–water partition coefficient (Wildman–Crippen LogP) is 2.28. The number of benzene rings is 2. The van der Waals surface area contributed by atoms with E-state index in [2.05, 4.69) is 9.78 Å². The number of hydrogen-bond donors (Lipinski definition) is 1. The summed E-state index contributed by atoms with van der Waals surface area (Å²) < 4.78 is 0. The first-order valence-electron chi connectivity index (χ1n) is 7.02. The van der Waals surface area contributed by atoms with E-state index in [1.165, 1.54) is 24.3 Å². The van der Waals surface area contributed by atoms with Crippen LogP contribution >= 0.6 is 0 Å². The molecule has 1 atom stereocenters. The van der Waals surface area contributed by atoms with E-state index in [4.69, 9.17) is 4.84 Å². The molecule has 2 aromatic rings. The maximum absolute atomic E-state index is 13.0. The Morgan fingerprint density at radius 3 is 2.00 bits per heavy atom. The Morgan fingerprint density at radius 1 is 0.958 bits per heavy atom. The van der Waals surface area contributed by atoms with Crippen LogP contribution in [0.4, 0.5) is 4.79 Å². The molecule has 0 saturated carbocycles. The van der Waals surface area contributed by atoms with Gasteiger partial charge >= 0.3 is 6.09 Å². The van der Waals surface area contributed by atoms with Crippen LogP contribution in [0.3, 0.4) is 0 Å². The molecule has 0 spiro atoms. The number of Topliss-reactive ketones (excluding diaryl/α,β-unsaturated/α-hetero) is 1. The van der Waals surface area contributed by atoms with Crippen LogP contribution in [0.2, 0.25) is 0 Å². The van der Waals surface area contributed by atoms with E-state index in [0.717, 1.165) is 14.2 Å². The second kappa shape index (κ2) is 7.69. The Bertz CT molecular complexity index is 691. The van der Waals surface area contributed by atoms with Gasteiger partial charge in [-0.15, -0.1) is 5.06 Å². The first kappa shape index (κ1) is 17.6. The number of hydroxylamine groups is 2. The minimum Gasteiger partial charge on any atom is -0.359 e. The summed E-state index contributed by atoms with van der Waals surface area (Å²) >= 11 is 0. The maximum atomic E-state index is 13.0. The summed E-state index contributed by atoms with van der Waals surface area (Å²) in [6, 6.07) is 16.0. The van der Waals surface area contributed by atoms with Gasteiger partial charge in [0.2, 0.25) is 5.78 Å². The van der Waals surface area contributed by atoms with Crippen molar-refractivity contribution in [2.24, 2.45) is 0 Å². The molecule has 0 aliphatic heterocycles. The number of hydrogen-bond acceptors (Lipinski definition) is 6. The Balaban J connectivity index is 2.57. The second-order valence-electron chi connectivity index (χ2n) is 4.73. The molecule has 1 N–H and O–H groups in total. The van der Waals surface area contributed by atoms with Gasteiger partial charge in [0.1, 0.15) is 0 Å². The van der Waals surface area contributed by atoms with Gasteiger partial charge in [0, 0.05) is 11.1 Å². The van der Waals surface area contributed by atoms with Gasteiger partial charge in [0.25, 0.3) is 5.72 Å². The van der Waals surface area contributed by atoms with Crippen LogP contribution in [0.1, 0.15) is 15.9 Å². The maximum Gasteiger partial charge on any atom is 0.468 e. The van der Waals surface area contributed by atoms with E-state index >= 15 is 0 Å². The van der Waals surface area contributed by atoms with Crippen LogP contribution in [0.5, 0.6) is 0 Å². The molecule has 0 aliphatic rings. The van der Waals surface area contributed by atoms with Gasteiger partial charge in [-0.3, -0.25) is 14.5 Å². The Hall–Kier alpha value is -2.74. The quantitative estimate of drug-likeness (QED) is 0.378. The molecule has 126 valence electrons. The standard InChI is InChI=1S/C17H17NO6/c1-22-18(16(20)24-23-2)17(21,14-11-7-4-8-12-14)15(19)13-9-5-3-6-10-13/h3-12,21H,1-2H3. The van der Waals surface area contributed by atoms with Crippen molar-refractivity contribution in [3.8, 4) is 0 Å².